The highest BCUT2D eigenvalue weighted by atomic mass is 19.1. The van der Waals surface area contributed by atoms with Gasteiger partial charge in [-0.05, 0) is 50.6 Å². The zero-order valence-corrected chi connectivity index (χ0v) is 13.0. The SMILES string of the molecule is CCCNC(CN(CC1CC1)C1CC1)c1ccccc1F. The fourth-order valence-electron chi connectivity index (χ4n) is 3.03. The van der Waals surface area contributed by atoms with Crippen molar-refractivity contribution in [2.75, 3.05) is 19.6 Å². The topological polar surface area (TPSA) is 15.3 Å². The molecule has 21 heavy (non-hydrogen) atoms. The third-order valence-corrected chi connectivity index (χ3v) is 4.59. The predicted octanol–water partition coefficient (Wildman–Crippen LogP) is 3.74. The maximum atomic E-state index is 14.2. The molecule has 3 heteroatoms. The zero-order chi connectivity index (χ0) is 14.7. The van der Waals surface area contributed by atoms with Gasteiger partial charge < -0.3 is 5.32 Å². The first-order valence-corrected chi connectivity index (χ1v) is 8.49. The lowest BCUT2D eigenvalue weighted by atomic mass is 10.0. The van der Waals surface area contributed by atoms with Crippen molar-refractivity contribution in [3.8, 4) is 0 Å². The van der Waals surface area contributed by atoms with E-state index in [1.807, 2.05) is 12.1 Å². The molecule has 0 radical (unpaired) electrons. The van der Waals surface area contributed by atoms with Crippen molar-refractivity contribution in [1.29, 1.82) is 0 Å². The smallest absolute Gasteiger partial charge is 0.128 e. The van der Waals surface area contributed by atoms with E-state index in [2.05, 4.69) is 17.1 Å². The van der Waals surface area contributed by atoms with Crippen LogP contribution in [0.4, 0.5) is 4.39 Å². The molecular weight excluding hydrogens is 263 g/mol. The molecule has 1 atom stereocenters. The highest BCUT2D eigenvalue weighted by Gasteiger charge is 2.35. The first-order valence-electron chi connectivity index (χ1n) is 8.49. The number of nitrogens with one attached hydrogen (secondary N) is 1. The molecular formula is C18H27FN2. The molecule has 0 saturated heterocycles. The van der Waals surface area contributed by atoms with E-state index in [0.717, 1.165) is 37.0 Å². The van der Waals surface area contributed by atoms with E-state index in [1.165, 1.54) is 32.2 Å². The lowest BCUT2D eigenvalue weighted by molar-refractivity contribution is 0.222. The first-order chi connectivity index (χ1) is 10.3. The van der Waals surface area contributed by atoms with E-state index in [0.29, 0.717) is 0 Å². The van der Waals surface area contributed by atoms with Gasteiger partial charge in [0, 0.05) is 30.7 Å². The average molecular weight is 290 g/mol. The van der Waals surface area contributed by atoms with Crippen LogP contribution < -0.4 is 5.32 Å². The fourth-order valence-corrected chi connectivity index (χ4v) is 3.03. The largest absolute Gasteiger partial charge is 0.309 e. The average Bonchev–Trinajstić information content (AvgIpc) is 3.36. The quantitative estimate of drug-likeness (QED) is 0.745. The molecule has 3 rings (SSSR count). The summed E-state index contributed by atoms with van der Waals surface area (Å²) in [7, 11) is 0. The number of hydrogen-bond donors (Lipinski definition) is 1. The van der Waals surface area contributed by atoms with Crippen LogP contribution in [-0.4, -0.2) is 30.6 Å². The molecule has 1 unspecified atom stereocenters. The van der Waals surface area contributed by atoms with Crippen molar-refractivity contribution in [3.63, 3.8) is 0 Å². The van der Waals surface area contributed by atoms with Gasteiger partial charge in [-0.15, -0.1) is 0 Å². The fraction of sp³-hybridized carbons (Fsp3) is 0.667. The van der Waals surface area contributed by atoms with Crippen LogP contribution in [0.15, 0.2) is 24.3 Å². The van der Waals surface area contributed by atoms with Crippen LogP contribution in [0.25, 0.3) is 0 Å². The molecule has 2 nitrogen and oxygen atoms in total. The Balaban J connectivity index is 1.69. The Bertz CT molecular complexity index is 454. The summed E-state index contributed by atoms with van der Waals surface area (Å²) in [6.07, 6.45) is 6.50. The van der Waals surface area contributed by atoms with Crippen LogP contribution in [0.5, 0.6) is 0 Å². The molecule has 0 aliphatic heterocycles. The van der Waals surface area contributed by atoms with Crippen molar-refractivity contribution in [2.45, 2.75) is 51.1 Å². The Labute approximate surface area is 127 Å². The van der Waals surface area contributed by atoms with E-state index >= 15 is 0 Å². The van der Waals surface area contributed by atoms with Crippen LogP contribution in [0.2, 0.25) is 0 Å². The van der Waals surface area contributed by atoms with Crippen LogP contribution in [-0.2, 0) is 0 Å². The van der Waals surface area contributed by atoms with E-state index in [9.17, 15) is 4.39 Å². The van der Waals surface area contributed by atoms with E-state index in [4.69, 9.17) is 0 Å². The van der Waals surface area contributed by atoms with Crippen molar-refractivity contribution in [1.82, 2.24) is 10.2 Å². The molecule has 0 aromatic heterocycles. The molecule has 2 aliphatic carbocycles. The second-order valence-electron chi connectivity index (χ2n) is 6.66. The van der Waals surface area contributed by atoms with Crippen LogP contribution in [0, 0.1) is 11.7 Å². The normalized spacial score (nSPS) is 20.0. The Hall–Kier alpha value is -0.930. The Morgan fingerprint density at radius 3 is 2.62 bits per heavy atom. The summed E-state index contributed by atoms with van der Waals surface area (Å²) in [5.41, 5.74) is 0.826. The van der Waals surface area contributed by atoms with Crippen molar-refractivity contribution in [3.05, 3.63) is 35.6 Å². The number of rotatable bonds is 9. The van der Waals surface area contributed by atoms with Gasteiger partial charge >= 0.3 is 0 Å². The van der Waals surface area contributed by atoms with Crippen LogP contribution in [0.1, 0.15) is 50.6 Å². The number of benzene rings is 1. The lowest BCUT2D eigenvalue weighted by Gasteiger charge is -2.29. The molecule has 0 spiro atoms. The minimum absolute atomic E-state index is 0.0757. The van der Waals surface area contributed by atoms with E-state index in [1.54, 1.807) is 12.1 Å². The monoisotopic (exact) mass is 290 g/mol. The summed E-state index contributed by atoms with van der Waals surface area (Å²) in [4.78, 5) is 2.61. The summed E-state index contributed by atoms with van der Waals surface area (Å²) < 4.78 is 14.2. The first kappa shape index (κ1) is 15.0. The van der Waals surface area contributed by atoms with Crippen molar-refractivity contribution >= 4 is 0 Å². The summed E-state index contributed by atoms with van der Waals surface area (Å²) in [5.74, 6) is 0.825. The molecule has 2 aliphatic rings. The summed E-state index contributed by atoms with van der Waals surface area (Å²) >= 11 is 0. The predicted molar refractivity (Wildman–Crippen MR) is 84.8 cm³/mol. The maximum Gasteiger partial charge on any atom is 0.128 e. The van der Waals surface area contributed by atoms with Crippen molar-refractivity contribution in [2.24, 2.45) is 5.92 Å². The minimum Gasteiger partial charge on any atom is -0.309 e. The molecule has 116 valence electrons. The molecule has 1 N–H and O–H groups in total. The molecule has 0 amide bonds. The molecule has 0 bridgehead atoms. The van der Waals surface area contributed by atoms with Gasteiger partial charge in [-0.1, -0.05) is 25.1 Å². The van der Waals surface area contributed by atoms with Gasteiger partial charge in [0.2, 0.25) is 0 Å². The molecule has 2 saturated carbocycles. The highest BCUT2D eigenvalue weighted by molar-refractivity contribution is 5.21. The number of hydrogen-bond acceptors (Lipinski definition) is 2. The lowest BCUT2D eigenvalue weighted by Crippen LogP contribution is -2.38. The minimum atomic E-state index is -0.0757. The highest BCUT2D eigenvalue weighted by Crippen LogP contribution is 2.36. The van der Waals surface area contributed by atoms with Crippen LogP contribution in [0.3, 0.4) is 0 Å². The molecule has 2 fully saturated rings. The van der Waals surface area contributed by atoms with Gasteiger partial charge in [-0.25, -0.2) is 4.39 Å². The Kier molecular flexibility index (Phi) is 4.91. The van der Waals surface area contributed by atoms with Gasteiger partial charge in [0.15, 0.2) is 0 Å². The number of halogens is 1. The molecule has 1 aromatic rings. The van der Waals surface area contributed by atoms with Gasteiger partial charge in [-0.2, -0.15) is 0 Å². The standard InChI is InChI=1S/C18H27FN2/c1-2-11-20-18(16-5-3-4-6-17(16)19)13-21(15-9-10-15)12-14-7-8-14/h3-6,14-15,18,20H,2,7-13H2,1H3. The number of nitrogens with zero attached hydrogens (tertiary/aromatic N) is 1. The summed E-state index contributed by atoms with van der Waals surface area (Å²) in [6.45, 7) is 5.26. The van der Waals surface area contributed by atoms with Crippen molar-refractivity contribution < 1.29 is 4.39 Å². The third kappa shape index (κ3) is 4.27. The van der Waals surface area contributed by atoms with Gasteiger partial charge in [0.25, 0.3) is 0 Å². The second kappa shape index (κ2) is 6.89. The van der Waals surface area contributed by atoms with Gasteiger partial charge in [0.05, 0.1) is 0 Å². The van der Waals surface area contributed by atoms with E-state index in [-0.39, 0.29) is 11.9 Å². The Morgan fingerprint density at radius 2 is 2.00 bits per heavy atom. The molecule has 0 heterocycles. The summed E-state index contributed by atoms with van der Waals surface area (Å²) in [6, 6.07) is 8.11. The third-order valence-electron chi connectivity index (χ3n) is 4.59. The Morgan fingerprint density at radius 1 is 1.24 bits per heavy atom. The van der Waals surface area contributed by atoms with Gasteiger partial charge in [0.1, 0.15) is 5.82 Å². The van der Waals surface area contributed by atoms with E-state index < -0.39 is 0 Å². The zero-order valence-electron chi connectivity index (χ0n) is 13.0. The second-order valence-corrected chi connectivity index (χ2v) is 6.66. The molecule has 1 aromatic carbocycles. The summed E-state index contributed by atoms with van der Waals surface area (Å²) in [5, 5.41) is 3.55. The van der Waals surface area contributed by atoms with Crippen LogP contribution >= 0.6 is 0 Å². The van der Waals surface area contributed by atoms with Gasteiger partial charge in [-0.3, -0.25) is 4.90 Å². The maximum absolute atomic E-state index is 14.2.